The zero-order chi connectivity index (χ0) is 19.7. The summed E-state index contributed by atoms with van der Waals surface area (Å²) in [5.74, 6) is 1.63. The lowest BCUT2D eigenvalue weighted by molar-refractivity contribution is 0.174. The van der Waals surface area contributed by atoms with Crippen LogP contribution in [0, 0.1) is 13.8 Å². The Kier molecular flexibility index (Phi) is 4.56. The van der Waals surface area contributed by atoms with E-state index in [-0.39, 0.29) is 17.5 Å². The van der Waals surface area contributed by atoms with Gasteiger partial charge in [-0.3, -0.25) is 4.72 Å². The Morgan fingerprint density at radius 3 is 2.50 bits per heavy atom. The largest absolute Gasteiger partial charge is 0.454 e. The van der Waals surface area contributed by atoms with Gasteiger partial charge in [-0.25, -0.2) is 13.4 Å². The molecule has 0 saturated heterocycles. The van der Waals surface area contributed by atoms with Gasteiger partial charge in [0.05, 0.1) is 16.8 Å². The second kappa shape index (κ2) is 7.05. The van der Waals surface area contributed by atoms with Gasteiger partial charge in [-0.2, -0.15) is 0 Å². The van der Waals surface area contributed by atoms with Crippen LogP contribution in [0.4, 0.5) is 17.2 Å². The van der Waals surface area contributed by atoms with Crippen LogP contribution in [0.5, 0.6) is 11.5 Å². The van der Waals surface area contributed by atoms with Gasteiger partial charge in [0, 0.05) is 11.8 Å². The van der Waals surface area contributed by atoms with Crippen LogP contribution in [0.3, 0.4) is 0 Å². The average Bonchev–Trinajstić information content (AvgIpc) is 3.13. The summed E-state index contributed by atoms with van der Waals surface area (Å²) in [6.07, 6.45) is 1.56. The van der Waals surface area contributed by atoms with Crippen LogP contribution in [-0.4, -0.2) is 20.2 Å². The molecule has 0 fully saturated rings. The van der Waals surface area contributed by atoms with Crippen LogP contribution in [-0.2, 0) is 10.0 Å². The second-order valence-electron chi connectivity index (χ2n) is 6.50. The Labute approximate surface area is 163 Å². The van der Waals surface area contributed by atoms with Crippen molar-refractivity contribution in [2.24, 2.45) is 0 Å². The molecule has 28 heavy (non-hydrogen) atoms. The van der Waals surface area contributed by atoms with E-state index in [1.165, 1.54) is 0 Å². The number of anilines is 3. The Morgan fingerprint density at radius 2 is 1.71 bits per heavy atom. The second-order valence-corrected chi connectivity index (χ2v) is 8.15. The predicted molar refractivity (Wildman–Crippen MR) is 107 cm³/mol. The smallest absolute Gasteiger partial charge is 0.263 e. The van der Waals surface area contributed by atoms with Crippen molar-refractivity contribution in [3.8, 4) is 11.5 Å². The molecule has 0 spiro atoms. The van der Waals surface area contributed by atoms with Gasteiger partial charge in [-0.05, 0) is 55.3 Å². The number of rotatable bonds is 5. The monoisotopic (exact) mass is 397 g/mol. The standard InChI is InChI=1S/C20H19N3O4S/c1-13-3-4-14(2)19(9-13)28(24,25)23-20-8-6-16(11-21-20)22-15-5-7-17-18(10-15)27-12-26-17/h3-11,22H,12H2,1-2H3,(H,21,23). The third-order valence-corrected chi connectivity index (χ3v) is 5.79. The minimum atomic E-state index is -3.71. The molecule has 0 atom stereocenters. The van der Waals surface area contributed by atoms with E-state index in [2.05, 4.69) is 15.0 Å². The van der Waals surface area contributed by atoms with Crippen molar-refractivity contribution in [2.45, 2.75) is 18.7 Å². The van der Waals surface area contributed by atoms with Crippen molar-refractivity contribution < 1.29 is 17.9 Å². The number of fused-ring (bicyclic) bond motifs is 1. The van der Waals surface area contributed by atoms with Crippen molar-refractivity contribution in [2.75, 3.05) is 16.8 Å². The van der Waals surface area contributed by atoms with E-state index in [1.54, 1.807) is 37.4 Å². The first kappa shape index (κ1) is 18.1. The third kappa shape index (κ3) is 3.72. The Balaban J connectivity index is 1.49. The summed E-state index contributed by atoms with van der Waals surface area (Å²) >= 11 is 0. The number of aromatic nitrogens is 1. The minimum Gasteiger partial charge on any atom is -0.454 e. The number of ether oxygens (including phenoxy) is 2. The topological polar surface area (TPSA) is 89.6 Å². The lowest BCUT2D eigenvalue weighted by Gasteiger charge is -2.11. The number of benzene rings is 2. The van der Waals surface area contributed by atoms with Crippen LogP contribution in [0.25, 0.3) is 0 Å². The van der Waals surface area contributed by atoms with Crippen LogP contribution in [0.1, 0.15) is 11.1 Å². The zero-order valence-corrected chi connectivity index (χ0v) is 16.2. The summed E-state index contributed by atoms with van der Waals surface area (Å²) in [4.78, 5) is 4.45. The first-order valence-electron chi connectivity index (χ1n) is 8.63. The molecule has 1 aromatic heterocycles. The summed E-state index contributed by atoms with van der Waals surface area (Å²) in [7, 11) is -3.71. The summed E-state index contributed by atoms with van der Waals surface area (Å²) in [6.45, 7) is 3.84. The molecule has 3 aromatic rings. The highest BCUT2D eigenvalue weighted by Gasteiger charge is 2.18. The molecule has 0 bridgehead atoms. The third-order valence-electron chi connectivity index (χ3n) is 4.30. The first-order valence-corrected chi connectivity index (χ1v) is 10.1. The molecule has 8 heteroatoms. The summed E-state index contributed by atoms with van der Waals surface area (Å²) < 4.78 is 38.5. The number of sulfonamides is 1. The summed E-state index contributed by atoms with van der Waals surface area (Å²) in [5.41, 5.74) is 3.09. The van der Waals surface area contributed by atoms with E-state index in [9.17, 15) is 8.42 Å². The summed E-state index contributed by atoms with van der Waals surface area (Å²) in [5, 5.41) is 3.20. The molecular formula is C20H19N3O4S. The van der Waals surface area contributed by atoms with E-state index in [0.717, 1.165) is 11.3 Å². The Bertz CT molecular complexity index is 1130. The lowest BCUT2D eigenvalue weighted by Crippen LogP contribution is -2.15. The maximum Gasteiger partial charge on any atom is 0.263 e. The maximum absolute atomic E-state index is 12.7. The molecule has 1 aliphatic rings. The number of pyridine rings is 1. The fourth-order valence-electron chi connectivity index (χ4n) is 2.86. The molecule has 2 aromatic carbocycles. The minimum absolute atomic E-state index is 0.218. The van der Waals surface area contributed by atoms with Crippen LogP contribution < -0.4 is 19.5 Å². The zero-order valence-electron chi connectivity index (χ0n) is 15.4. The molecule has 0 radical (unpaired) electrons. The highest BCUT2D eigenvalue weighted by atomic mass is 32.2. The molecule has 144 valence electrons. The fourth-order valence-corrected chi connectivity index (χ4v) is 4.20. The lowest BCUT2D eigenvalue weighted by atomic mass is 10.2. The molecule has 7 nitrogen and oxygen atoms in total. The number of hydrogen-bond donors (Lipinski definition) is 2. The fraction of sp³-hybridized carbons (Fsp3) is 0.150. The van der Waals surface area contributed by atoms with E-state index in [1.807, 2.05) is 31.2 Å². The van der Waals surface area contributed by atoms with Crippen molar-refractivity contribution in [1.29, 1.82) is 0 Å². The normalized spacial score (nSPS) is 12.6. The number of aryl methyl sites for hydroxylation is 2. The highest BCUT2D eigenvalue weighted by molar-refractivity contribution is 7.92. The number of nitrogens with zero attached hydrogens (tertiary/aromatic N) is 1. The average molecular weight is 397 g/mol. The Hall–Kier alpha value is -3.26. The summed E-state index contributed by atoms with van der Waals surface area (Å²) in [6, 6.07) is 14.2. The van der Waals surface area contributed by atoms with Gasteiger partial charge in [0.1, 0.15) is 5.82 Å². The van der Waals surface area contributed by atoms with E-state index in [0.29, 0.717) is 22.7 Å². The van der Waals surface area contributed by atoms with E-state index >= 15 is 0 Å². The molecule has 0 amide bonds. The number of hydrogen-bond acceptors (Lipinski definition) is 6. The molecule has 2 N–H and O–H groups in total. The molecule has 2 heterocycles. The number of nitrogens with one attached hydrogen (secondary N) is 2. The van der Waals surface area contributed by atoms with Gasteiger partial charge in [0.25, 0.3) is 10.0 Å². The van der Waals surface area contributed by atoms with Crippen LogP contribution >= 0.6 is 0 Å². The molecule has 0 saturated carbocycles. The van der Waals surface area contributed by atoms with Gasteiger partial charge in [-0.15, -0.1) is 0 Å². The molecule has 0 aliphatic carbocycles. The van der Waals surface area contributed by atoms with Gasteiger partial charge in [-0.1, -0.05) is 12.1 Å². The van der Waals surface area contributed by atoms with Crippen molar-refractivity contribution in [3.63, 3.8) is 0 Å². The van der Waals surface area contributed by atoms with Gasteiger partial charge < -0.3 is 14.8 Å². The molecule has 4 rings (SSSR count). The predicted octanol–water partition coefficient (Wildman–Crippen LogP) is 3.97. The van der Waals surface area contributed by atoms with Gasteiger partial charge in [0.15, 0.2) is 11.5 Å². The molecule has 0 unspecified atom stereocenters. The SMILES string of the molecule is Cc1ccc(C)c(S(=O)(=O)Nc2ccc(Nc3ccc4c(c3)OCO4)cn2)c1. The Morgan fingerprint density at radius 1 is 0.929 bits per heavy atom. The van der Waals surface area contributed by atoms with Gasteiger partial charge >= 0.3 is 0 Å². The van der Waals surface area contributed by atoms with E-state index in [4.69, 9.17) is 9.47 Å². The van der Waals surface area contributed by atoms with Crippen LogP contribution in [0.2, 0.25) is 0 Å². The molecule has 1 aliphatic heterocycles. The maximum atomic E-state index is 12.7. The molecular weight excluding hydrogens is 378 g/mol. The first-order chi connectivity index (χ1) is 13.4. The van der Waals surface area contributed by atoms with Gasteiger partial charge in [0.2, 0.25) is 6.79 Å². The van der Waals surface area contributed by atoms with E-state index < -0.39 is 10.0 Å². The van der Waals surface area contributed by atoms with Crippen molar-refractivity contribution in [1.82, 2.24) is 4.98 Å². The van der Waals surface area contributed by atoms with Crippen molar-refractivity contribution >= 4 is 27.2 Å². The quantitative estimate of drug-likeness (QED) is 0.677. The van der Waals surface area contributed by atoms with Crippen molar-refractivity contribution in [3.05, 3.63) is 65.9 Å². The van der Waals surface area contributed by atoms with Crippen LogP contribution in [0.15, 0.2) is 59.6 Å². The highest BCUT2D eigenvalue weighted by Crippen LogP contribution is 2.35.